The molecule has 0 saturated carbocycles. The van der Waals surface area contributed by atoms with Gasteiger partial charge in [-0.05, 0) is 55.5 Å². The molecule has 14 heavy (non-hydrogen) atoms. The van der Waals surface area contributed by atoms with Crippen LogP contribution in [0.2, 0.25) is 0 Å². The van der Waals surface area contributed by atoms with Crippen LogP contribution in [0.5, 0.6) is 0 Å². The lowest BCUT2D eigenvalue weighted by atomic mass is 9.95. The molecule has 1 heterocycles. The van der Waals surface area contributed by atoms with Crippen molar-refractivity contribution in [1.29, 1.82) is 0 Å². The van der Waals surface area contributed by atoms with E-state index in [1.54, 1.807) is 6.07 Å². The molecule has 1 atom stereocenters. The second kappa shape index (κ2) is 3.70. The number of rotatable bonds is 1. The van der Waals surface area contributed by atoms with Crippen LogP contribution in [0.1, 0.15) is 29.0 Å². The minimum Gasteiger partial charge on any atom is -0.316 e. The highest BCUT2D eigenvalue weighted by molar-refractivity contribution is 5.33. The summed E-state index contributed by atoms with van der Waals surface area (Å²) in [6.45, 7) is 5.85. The second-order valence-electron chi connectivity index (χ2n) is 4.13. The quantitative estimate of drug-likeness (QED) is 0.722. The van der Waals surface area contributed by atoms with Gasteiger partial charge in [0.2, 0.25) is 0 Å². The van der Waals surface area contributed by atoms with E-state index in [-0.39, 0.29) is 5.82 Å². The molecular formula is C12H16FN. The topological polar surface area (TPSA) is 12.0 Å². The third-order valence-electron chi connectivity index (χ3n) is 3.16. The summed E-state index contributed by atoms with van der Waals surface area (Å²) in [4.78, 5) is 0. The minimum absolute atomic E-state index is 0.0631. The van der Waals surface area contributed by atoms with Crippen LogP contribution in [-0.2, 0) is 0 Å². The zero-order chi connectivity index (χ0) is 10.1. The Labute approximate surface area is 84.3 Å². The van der Waals surface area contributed by atoms with Crippen molar-refractivity contribution in [3.8, 4) is 0 Å². The maximum absolute atomic E-state index is 13.5. The summed E-state index contributed by atoms with van der Waals surface area (Å²) in [5, 5.41) is 3.30. The fraction of sp³-hybridized carbons (Fsp3) is 0.500. The van der Waals surface area contributed by atoms with Gasteiger partial charge in [0.05, 0.1) is 0 Å². The Morgan fingerprint density at radius 2 is 2.14 bits per heavy atom. The molecule has 1 aliphatic heterocycles. The number of hydrogen-bond acceptors (Lipinski definition) is 1. The average Bonchev–Trinajstić information content (AvgIpc) is 2.66. The zero-order valence-electron chi connectivity index (χ0n) is 8.73. The van der Waals surface area contributed by atoms with Gasteiger partial charge in [-0.15, -0.1) is 0 Å². The predicted octanol–water partition coefficient (Wildman–Crippen LogP) is 2.52. The number of benzene rings is 1. The summed E-state index contributed by atoms with van der Waals surface area (Å²) >= 11 is 0. The molecule has 2 rings (SSSR count). The highest BCUT2D eigenvalue weighted by atomic mass is 19.1. The van der Waals surface area contributed by atoms with E-state index < -0.39 is 0 Å². The molecule has 1 aromatic rings. The van der Waals surface area contributed by atoms with Gasteiger partial charge in [0.15, 0.2) is 0 Å². The molecule has 1 aromatic carbocycles. The highest BCUT2D eigenvalue weighted by Gasteiger charge is 2.18. The van der Waals surface area contributed by atoms with Gasteiger partial charge in [0.1, 0.15) is 5.82 Å². The first kappa shape index (κ1) is 9.66. The van der Waals surface area contributed by atoms with Gasteiger partial charge in [0, 0.05) is 6.54 Å². The van der Waals surface area contributed by atoms with Crippen molar-refractivity contribution < 1.29 is 4.39 Å². The van der Waals surface area contributed by atoms with Crippen molar-refractivity contribution >= 4 is 0 Å². The zero-order valence-corrected chi connectivity index (χ0v) is 8.73. The fourth-order valence-electron chi connectivity index (χ4n) is 2.02. The van der Waals surface area contributed by atoms with E-state index in [0.717, 1.165) is 36.2 Å². The Bertz CT molecular complexity index is 317. The predicted molar refractivity (Wildman–Crippen MR) is 56.1 cm³/mol. The first-order valence-corrected chi connectivity index (χ1v) is 5.16. The second-order valence-corrected chi connectivity index (χ2v) is 4.13. The van der Waals surface area contributed by atoms with Gasteiger partial charge in [-0.2, -0.15) is 0 Å². The SMILES string of the molecule is Cc1cc(C2CCNC2)cc(F)c1C. The summed E-state index contributed by atoms with van der Waals surface area (Å²) in [7, 11) is 0. The Balaban J connectivity index is 2.34. The van der Waals surface area contributed by atoms with E-state index in [1.807, 2.05) is 13.8 Å². The molecule has 2 heteroatoms. The average molecular weight is 193 g/mol. The molecule has 0 amide bonds. The lowest BCUT2D eigenvalue weighted by Gasteiger charge is -2.11. The van der Waals surface area contributed by atoms with Crippen LogP contribution in [0, 0.1) is 19.7 Å². The van der Waals surface area contributed by atoms with Gasteiger partial charge in [-0.25, -0.2) is 4.39 Å². The Morgan fingerprint density at radius 1 is 1.36 bits per heavy atom. The monoisotopic (exact) mass is 193 g/mol. The molecular weight excluding hydrogens is 177 g/mol. The first-order chi connectivity index (χ1) is 6.68. The van der Waals surface area contributed by atoms with E-state index in [2.05, 4.69) is 11.4 Å². The number of nitrogens with one attached hydrogen (secondary N) is 1. The summed E-state index contributed by atoms with van der Waals surface area (Å²) in [6.07, 6.45) is 1.13. The van der Waals surface area contributed by atoms with Gasteiger partial charge < -0.3 is 5.32 Å². The number of aryl methyl sites for hydroxylation is 1. The molecule has 0 aromatic heterocycles. The maximum atomic E-state index is 13.5. The van der Waals surface area contributed by atoms with Crippen molar-refractivity contribution in [2.75, 3.05) is 13.1 Å². The van der Waals surface area contributed by atoms with Crippen LogP contribution in [0.4, 0.5) is 4.39 Å². The normalized spacial score (nSPS) is 21.5. The molecule has 0 spiro atoms. The van der Waals surface area contributed by atoms with Gasteiger partial charge in [0.25, 0.3) is 0 Å². The van der Waals surface area contributed by atoms with Gasteiger partial charge in [-0.3, -0.25) is 0 Å². The molecule has 1 unspecified atom stereocenters. The third kappa shape index (κ3) is 1.67. The highest BCUT2D eigenvalue weighted by Crippen LogP contribution is 2.25. The van der Waals surface area contributed by atoms with Crippen LogP contribution in [0.15, 0.2) is 12.1 Å². The molecule has 76 valence electrons. The molecule has 1 saturated heterocycles. The molecule has 1 fully saturated rings. The summed E-state index contributed by atoms with van der Waals surface area (Å²) in [6, 6.07) is 3.82. The molecule has 1 nitrogen and oxygen atoms in total. The minimum atomic E-state index is -0.0631. The lowest BCUT2D eigenvalue weighted by Crippen LogP contribution is -2.08. The Hall–Kier alpha value is -0.890. The van der Waals surface area contributed by atoms with Crippen molar-refractivity contribution in [2.45, 2.75) is 26.2 Å². The van der Waals surface area contributed by atoms with E-state index in [0.29, 0.717) is 5.92 Å². The number of hydrogen-bond donors (Lipinski definition) is 1. The Morgan fingerprint density at radius 3 is 2.71 bits per heavy atom. The number of halogens is 1. The third-order valence-corrected chi connectivity index (χ3v) is 3.16. The van der Waals surface area contributed by atoms with Crippen LogP contribution >= 0.6 is 0 Å². The summed E-state index contributed by atoms with van der Waals surface area (Å²) < 4.78 is 13.5. The molecule has 0 bridgehead atoms. The van der Waals surface area contributed by atoms with Crippen LogP contribution in [0.3, 0.4) is 0 Å². The van der Waals surface area contributed by atoms with Crippen molar-refractivity contribution in [1.82, 2.24) is 5.32 Å². The fourth-order valence-corrected chi connectivity index (χ4v) is 2.02. The van der Waals surface area contributed by atoms with Gasteiger partial charge >= 0.3 is 0 Å². The van der Waals surface area contributed by atoms with Crippen molar-refractivity contribution in [3.63, 3.8) is 0 Å². The van der Waals surface area contributed by atoms with E-state index in [1.165, 1.54) is 0 Å². The van der Waals surface area contributed by atoms with Crippen molar-refractivity contribution in [3.05, 3.63) is 34.6 Å². The maximum Gasteiger partial charge on any atom is 0.126 e. The van der Waals surface area contributed by atoms with E-state index >= 15 is 0 Å². The van der Waals surface area contributed by atoms with Crippen LogP contribution < -0.4 is 5.32 Å². The van der Waals surface area contributed by atoms with Gasteiger partial charge in [-0.1, -0.05) is 6.07 Å². The Kier molecular flexibility index (Phi) is 2.55. The van der Waals surface area contributed by atoms with E-state index in [4.69, 9.17) is 0 Å². The lowest BCUT2D eigenvalue weighted by molar-refractivity contribution is 0.610. The van der Waals surface area contributed by atoms with Crippen LogP contribution in [-0.4, -0.2) is 13.1 Å². The van der Waals surface area contributed by atoms with Crippen molar-refractivity contribution in [2.24, 2.45) is 0 Å². The molecule has 1 aliphatic rings. The van der Waals surface area contributed by atoms with Crippen LogP contribution in [0.25, 0.3) is 0 Å². The molecule has 0 radical (unpaired) electrons. The summed E-state index contributed by atoms with van der Waals surface area (Å²) in [5.74, 6) is 0.440. The standard InChI is InChI=1S/C12H16FN/c1-8-5-11(6-12(13)9(8)2)10-3-4-14-7-10/h5-6,10,14H,3-4,7H2,1-2H3. The molecule has 1 N–H and O–H groups in total. The van der Waals surface area contributed by atoms with E-state index in [9.17, 15) is 4.39 Å². The smallest absolute Gasteiger partial charge is 0.126 e. The summed E-state index contributed by atoms with van der Waals surface area (Å²) in [5.41, 5.74) is 2.99. The first-order valence-electron chi connectivity index (χ1n) is 5.16. The largest absolute Gasteiger partial charge is 0.316 e. The molecule has 0 aliphatic carbocycles.